The summed E-state index contributed by atoms with van der Waals surface area (Å²) in [5, 5.41) is 3.69. The van der Waals surface area contributed by atoms with Crippen molar-refractivity contribution in [3.05, 3.63) is 68.8 Å². The van der Waals surface area contributed by atoms with Crippen molar-refractivity contribution in [1.29, 1.82) is 0 Å². The van der Waals surface area contributed by atoms with Crippen molar-refractivity contribution in [1.82, 2.24) is 5.43 Å². The lowest BCUT2D eigenvalue weighted by molar-refractivity contribution is 0.104. The molecule has 0 atom stereocenters. The molecule has 0 saturated heterocycles. The normalized spacial score (nSPS) is 17.0. The predicted molar refractivity (Wildman–Crippen MR) is 85.9 cm³/mol. The zero-order valence-corrected chi connectivity index (χ0v) is 12.4. The van der Waals surface area contributed by atoms with Crippen LogP contribution < -0.4 is 21.6 Å². The Balaban J connectivity index is 1.96. The van der Waals surface area contributed by atoms with Gasteiger partial charge in [-0.15, -0.1) is 0 Å². The SMILES string of the molecule is O=C1C=CN=c2ccc3c(c21)N=c1ccc2c(c1=3)NNCCC2. The van der Waals surface area contributed by atoms with Crippen LogP contribution in [0.25, 0.3) is 0 Å². The van der Waals surface area contributed by atoms with E-state index in [1.807, 2.05) is 18.2 Å². The van der Waals surface area contributed by atoms with E-state index in [2.05, 4.69) is 21.9 Å². The zero-order valence-electron chi connectivity index (χ0n) is 12.4. The molecule has 0 radical (unpaired) electrons. The van der Waals surface area contributed by atoms with Crippen molar-refractivity contribution < 1.29 is 4.79 Å². The van der Waals surface area contributed by atoms with Crippen molar-refractivity contribution in [2.75, 3.05) is 12.0 Å². The molecule has 3 aliphatic rings. The van der Waals surface area contributed by atoms with E-state index < -0.39 is 0 Å². The van der Waals surface area contributed by atoms with Crippen LogP contribution in [-0.4, -0.2) is 12.3 Å². The van der Waals surface area contributed by atoms with Crippen LogP contribution in [-0.2, 0) is 6.42 Å². The highest BCUT2D eigenvalue weighted by Gasteiger charge is 2.20. The first-order valence-electron chi connectivity index (χ1n) is 7.78. The van der Waals surface area contributed by atoms with E-state index in [0.29, 0.717) is 10.9 Å². The van der Waals surface area contributed by atoms with E-state index >= 15 is 0 Å². The molecule has 0 unspecified atom stereocenters. The van der Waals surface area contributed by atoms with Gasteiger partial charge in [-0.25, -0.2) is 10.4 Å². The molecule has 5 nitrogen and oxygen atoms in total. The van der Waals surface area contributed by atoms with Crippen molar-refractivity contribution in [3.63, 3.8) is 0 Å². The molecule has 0 aromatic heterocycles. The highest BCUT2D eigenvalue weighted by molar-refractivity contribution is 6.08. The van der Waals surface area contributed by atoms with Gasteiger partial charge >= 0.3 is 0 Å². The Hall–Kier alpha value is -2.79. The fourth-order valence-corrected chi connectivity index (χ4v) is 3.51. The lowest BCUT2D eigenvalue weighted by Gasteiger charge is -2.08. The molecule has 0 aliphatic carbocycles. The number of hydrogen-bond acceptors (Lipinski definition) is 5. The number of carbonyl (C=O) groups excluding carboxylic acids is 1. The third kappa shape index (κ3) is 1.74. The lowest BCUT2D eigenvalue weighted by Crippen LogP contribution is -2.22. The first-order chi connectivity index (χ1) is 11.3. The fourth-order valence-electron chi connectivity index (χ4n) is 3.51. The molecule has 2 aromatic carbocycles. The topological polar surface area (TPSA) is 65.8 Å². The van der Waals surface area contributed by atoms with E-state index in [1.165, 1.54) is 11.6 Å². The number of rotatable bonds is 0. The number of anilines is 1. The summed E-state index contributed by atoms with van der Waals surface area (Å²) >= 11 is 0. The molecule has 0 spiro atoms. The smallest absolute Gasteiger partial charge is 0.191 e. The summed E-state index contributed by atoms with van der Waals surface area (Å²) in [6, 6.07) is 8.10. The molecule has 0 amide bonds. The van der Waals surface area contributed by atoms with Crippen molar-refractivity contribution in [2.24, 2.45) is 9.98 Å². The van der Waals surface area contributed by atoms with Crippen molar-refractivity contribution >= 4 is 17.2 Å². The summed E-state index contributed by atoms with van der Waals surface area (Å²) in [6.45, 7) is 0.930. The van der Waals surface area contributed by atoms with Gasteiger partial charge in [0.05, 0.1) is 27.7 Å². The number of ketones is 1. The van der Waals surface area contributed by atoms with E-state index in [9.17, 15) is 4.79 Å². The maximum atomic E-state index is 12.3. The third-order valence-electron chi connectivity index (χ3n) is 4.57. The maximum absolute atomic E-state index is 12.3. The summed E-state index contributed by atoms with van der Waals surface area (Å²) in [4.78, 5) is 21.3. The van der Waals surface area contributed by atoms with Gasteiger partial charge in [0.1, 0.15) is 0 Å². The maximum Gasteiger partial charge on any atom is 0.191 e. The number of benzene rings is 2. The fraction of sp³-hybridized carbons (Fsp3) is 0.167. The van der Waals surface area contributed by atoms with Crippen LogP contribution in [0.4, 0.5) is 11.4 Å². The van der Waals surface area contributed by atoms with Gasteiger partial charge in [0.15, 0.2) is 5.78 Å². The van der Waals surface area contributed by atoms with E-state index in [4.69, 9.17) is 4.99 Å². The molecule has 112 valence electrons. The molecule has 5 heteroatoms. The lowest BCUT2D eigenvalue weighted by atomic mass is 10.0. The Morgan fingerprint density at radius 3 is 2.96 bits per heavy atom. The number of fused-ring (bicyclic) bond motifs is 6. The van der Waals surface area contributed by atoms with Gasteiger partial charge in [-0.05, 0) is 36.6 Å². The van der Waals surface area contributed by atoms with Gasteiger partial charge in [-0.3, -0.25) is 9.79 Å². The highest BCUT2D eigenvalue weighted by atomic mass is 16.1. The second-order valence-electron chi connectivity index (χ2n) is 5.93. The number of nitrogens with zero attached hydrogens (tertiary/aromatic N) is 2. The van der Waals surface area contributed by atoms with E-state index in [1.54, 1.807) is 6.20 Å². The first kappa shape index (κ1) is 12.7. The predicted octanol–water partition coefficient (Wildman–Crippen LogP) is 1.43. The molecular weight excluding hydrogens is 288 g/mol. The van der Waals surface area contributed by atoms with Crippen LogP contribution in [0.3, 0.4) is 0 Å². The number of hydrazine groups is 1. The summed E-state index contributed by atoms with van der Waals surface area (Å²) in [5.41, 5.74) is 10.3. The quantitative estimate of drug-likeness (QED) is 0.660. The van der Waals surface area contributed by atoms with Gasteiger partial charge in [0.2, 0.25) is 0 Å². The van der Waals surface area contributed by atoms with E-state index in [-0.39, 0.29) is 5.78 Å². The van der Waals surface area contributed by atoms with Gasteiger partial charge in [-0.1, -0.05) is 6.07 Å². The molecule has 2 N–H and O–H groups in total. The minimum Gasteiger partial charge on any atom is -0.321 e. The Kier molecular flexibility index (Phi) is 2.55. The largest absolute Gasteiger partial charge is 0.321 e. The molecule has 23 heavy (non-hydrogen) atoms. The molecule has 0 fully saturated rings. The number of allylic oxidation sites excluding steroid dienone is 1. The number of hydrogen-bond donors (Lipinski definition) is 2. The second-order valence-corrected chi connectivity index (χ2v) is 5.93. The van der Waals surface area contributed by atoms with Crippen LogP contribution in [0.1, 0.15) is 22.3 Å². The number of nitrogens with one attached hydrogen (secondary N) is 2. The Bertz CT molecular complexity index is 1120. The summed E-state index contributed by atoms with van der Waals surface area (Å²) in [5.74, 6) is -0.0272. The van der Waals surface area contributed by atoms with Crippen LogP contribution in [0.15, 0.2) is 46.5 Å². The Morgan fingerprint density at radius 1 is 1.09 bits per heavy atom. The molecule has 3 heterocycles. The standard InChI is InChI=1S/C18H14N4O/c23-14-7-9-19-12-6-4-11-15-13(21-18(11)16(12)14)5-3-10-2-1-8-20-22-17(10)15/h3-7,9,20,22H,1-2,8H2. The average Bonchev–Trinajstić information content (AvgIpc) is 2.78. The van der Waals surface area contributed by atoms with Crippen LogP contribution in [0, 0.1) is 10.4 Å². The van der Waals surface area contributed by atoms with E-state index in [0.717, 1.165) is 46.6 Å². The zero-order chi connectivity index (χ0) is 15.4. The van der Waals surface area contributed by atoms with Crippen molar-refractivity contribution in [3.8, 4) is 0 Å². The van der Waals surface area contributed by atoms with Gasteiger partial charge in [-0.2, -0.15) is 0 Å². The molecule has 2 aromatic rings. The van der Waals surface area contributed by atoms with Gasteiger partial charge in [0.25, 0.3) is 0 Å². The van der Waals surface area contributed by atoms with Gasteiger partial charge in [0, 0.05) is 29.3 Å². The Labute approximate surface area is 131 Å². The molecule has 3 aliphatic heterocycles. The minimum atomic E-state index is -0.0272. The second kappa shape index (κ2) is 4.60. The first-order valence-corrected chi connectivity index (χ1v) is 7.78. The molecule has 0 bridgehead atoms. The van der Waals surface area contributed by atoms with Gasteiger partial charge < -0.3 is 5.43 Å². The number of aryl methyl sites for hydroxylation is 1. The third-order valence-corrected chi connectivity index (χ3v) is 4.57. The summed E-state index contributed by atoms with van der Waals surface area (Å²) in [6.07, 6.45) is 5.17. The minimum absolute atomic E-state index is 0.0272. The monoisotopic (exact) mass is 302 g/mol. The Morgan fingerprint density at radius 2 is 2.00 bits per heavy atom. The number of carbonyl (C=O) groups is 1. The molecule has 5 rings (SSSR count). The summed E-state index contributed by atoms with van der Waals surface area (Å²) < 4.78 is 0. The molecule has 0 saturated carbocycles. The van der Waals surface area contributed by atoms with Crippen LogP contribution in [0.5, 0.6) is 0 Å². The average molecular weight is 302 g/mol. The van der Waals surface area contributed by atoms with Crippen molar-refractivity contribution in [2.45, 2.75) is 12.8 Å². The van der Waals surface area contributed by atoms with Crippen LogP contribution in [0.2, 0.25) is 0 Å². The summed E-state index contributed by atoms with van der Waals surface area (Å²) in [7, 11) is 0. The highest BCUT2D eigenvalue weighted by Crippen LogP contribution is 2.27. The molecular formula is C18H14N4O. The van der Waals surface area contributed by atoms with Crippen LogP contribution >= 0.6 is 0 Å².